The SMILES string of the molecule is O=C(CN1CCN(C(=O)CN2CCCc3ccccc32)CC1)Nc1ccc(F)cc1. The summed E-state index contributed by atoms with van der Waals surface area (Å²) in [6.07, 6.45) is 2.14. The molecular formula is C23H27FN4O2. The van der Waals surface area contributed by atoms with Crippen LogP contribution in [0.5, 0.6) is 0 Å². The fourth-order valence-electron chi connectivity index (χ4n) is 4.13. The van der Waals surface area contributed by atoms with Crippen molar-refractivity contribution in [2.75, 3.05) is 56.0 Å². The molecular weight excluding hydrogens is 383 g/mol. The number of carbonyl (C=O) groups is 2. The quantitative estimate of drug-likeness (QED) is 0.822. The van der Waals surface area contributed by atoms with E-state index in [9.17, 15) is 14.0 Å². The lowest BCUT2D eigenvalue weighted by molar-refractivity contribution is -0.131. The molecule has 2 aliphatic rings. The molecule has 0 radical (unpaired) electrons. The number of hydrogen-bond donors (Lipinski definition) is 1. The molecule has 4 rings (SSSR count). The fraction of sp³-hybridized carbons (Fsp3) is 0.391. The summed E-state index contributed by atoms with van der Waals surface area (Å²) in [4.78, 5) is 31.2. The number of halogens is 1. The Kier molecular flexibility index (Phi) is 6.28. The predicted molar refractivity (Wildman–Crippen MR) is 115 cm³/mol. The van der Waals surface area contributed by atoms with Gasteiger partial charge in [-0.3, -0.25) is 14.5 Å². The van der Waals surface area contributed by atoms with Crippen molar-refractivity contribution in [3.8, 4) is 0 Å². The van der Waals surface area contributed by atoms with Crippen LogP contribution in [-0.2, 0) is 16.0 Å². The molecule has 2 aliphatic heterocycles. The second kappa shape index (κ2) is 9.26. The number of hydrogen-bond acceptors (Lipinski definition) is 4. The first kappa shape index (κ1) is 20.3. The van der Waals surface area contributed by atoms with Gasteiger partial charge in [0.05, 0.1) is 13.1 Å². The van der Waals surface area contributed by atoms with Gasteiger partial charge in [0.25, 0.3) is 0 Å². The highest BCUT2D eigenvalue weighted by Gasteiger charge is 2.25. The number of nitrogens with one attached hydrogen (secondary N) is 1. The first-order valence-corrected chi connectivity index (χ1v) is 10.5. The van der Waals surface area contributed by atoms with Crippen molar-refractivity contribution >= 4 is 23.2 Å². The van der Waals surface area contributed by atoms with E-state index in [1.807, 2.05) is 15.9 Å². The largest absolute Gasteiger partial charge is 0.362 e. The van der Waals surface area contributed by atoms with Crippen LogP contribution >= 0.6 is 0 Å². The minimum Gasteiger partial charge on any atom is -0.362 e. The predicted octanol–water partition coefficient (Wildman–Crippen LogP) is 2.36. The number of anilines is 2. The molecule has 2 aromatic carbocycles. The van der Waals surface area contributed by atoms with Gasteiger partial charge in [-0.15, -0.1) is 0 Å². The maximum atomic E-state index is 13.0. The van der Waals surface area contributed by atoms with E-state index in [-0.39, 0.29) is 24.2 Å². The summed E-state index contributed by atoms with van der Waals surface area (Å²) in [7, 11) is 0. The Balaban J connectivity index is 1.24. The summed E-state index contributed by atoms with van der Waals surface area (Å²) >= 11 is 0. The fourth-order valence-corrected chi connectivity index (χ4v) is 4.13. The van der Waals surface area contributed by atoms with E-state index in [4.69, 9.17) is 0 Å². The summed E-state index contributed by atoms with van der Waals surface area (Å²) < 4.78 is 13.0. The maximum Gasteiger partial charge on any atom is 0.242 e. The third kappa shape index (κ3) is 4.97. The lowest BCUT2D eigenvalue weighted by Crippen LogP contribution is -2.52. The first-order chi connectivity index (χ1) is 14.6. The van der Waals surface area contributed by atoms with Gasteiger partial charge in [-0.25, -0.2) is 4.39 Å². The number of carbonyl (C=O) groups excluding carboxylic acids is 2. The Labute approximate surface area is 176 Å². The molecule has 158 valence electrons. The van der Waals surface area contributed by atoms with Crippen molar-refractivity contribution in [2.45, 2.75) is 12.8 Å². The van der Waals surface area contributed by atoms with Gasteiger partial charge in [-0.1, -0.05) is 18.2 Å². The number of rotatable bonds is 5. The lowest BCUT2D eigenvalue weighted by atomic mass is 10.0. The molecule has 0 aromatic heterocycles. The van der Waals surface area contributed by atoms with Crippen molar-refractivity contribution in [1.82, 2.24) is 9.80 Å². The number of nitrogens with zero attached hydrogens (tertiary/aromatic N) is 3. The van der Waals surface area contributed by atoms with Crippen LogP contribution in [0.3, 0.4) is 0 Å². The number of piperazine rings is 1. The van der Waals surface area contributed by atoms with Crippen LogP contribution in [0.2, 0.25) is 0 Å². The smallest absolute Gasteiger partial charge is 0.242 e. The Morgan fingerprint density at radius 2 is 1.63 bits per heavy atom. The second-order valence-corrected chi connectivity index (χ2v) is 7.87. The monoisotopic (exact) mass is 410 g/mol. The van der Waals surface area contributed by atoms with Gasteiger partial charge >= 0.3 is 0 Å². The van der Waals surface area contributed by atoms with Crippen molar-refractivity contribution < 1.29 is 14.0 Å². The number of para-hydroxylation sites is 1. The first-order valence-electron chi connectivity index (χ1n) is 10.5. The van der Waals surface area contributed by atoms with Crippen LogP contribution < -0.4 is 10.2 Å². The molecule has 0 atom stereocenters. The molecule has 2 heterocycles. The number of amides is 2. The molecule has 7 heteroatoms. The minimum atomic E-state index is -0.332. The van der Waals surface area contributed by atoms with Gasteiger partial charge in [-0.05, 0) is 48.7 Å². The van der Waals surface area contributed by atoms with Gasteiger partial charge in [0.15, 0.2) is 0 Å². The van der Waals surface area contributed by atoms with Crippen LogP contribution in [0.25, 0.3) is 0 Å². The Hall–Kier alpha value is -2.93. The second-order valence-electron chi connectivity index (χ2n) is 7.87. The minimum absolute atomic E-state index is 0.133. The van der Waals surface area contributed by atoms with Crippen molar-refractivity contribution in [1.29, 1.82) is 0 Å². The highest BCUT2D eigenvalue weighted by atomic mass is 19.1. The molecule has 0 bridgehead atoms. The summed E-state index contributed by atoms with van der Waals surface area (Å²) in [5.74, 6) is -0.324. The molecule has 0 saturated carbocycles. The molecule has 0 aliphatic carbocycles. The summed E-state index contributed by atoms with van der Waals surface area (Å²) in [6, 6.07) is 14.0. The van der Waals surface area contributed by atoms with Crippen LogP contribution in [-0.4, -0.2) is 67.4 Å². The number of fused-ring (bicyclic) bond motifs is 1. The van der Waals surface area contributed by atoms with Gasteiger partial charge in [-0.2, -0.15) is 0 Å². The molecule has 2 aromatic rings. The molecule has 1 saturated heterocycles. The van der Waals surface area contributed by atoms with E-state index in [0.717, 1.165) is 19.4 Å². The molecule has 2 amide bonds. The van der Waals surface area contributed by atoms with E-state index in [2.05, 4.69) is 28.4 Å². The Morgan fingerprint density at radius 1 is 0.900 bits per heavy atom. The number of benzene rings is 2. The average molecular weight is 410 g/mol. The molecule has 6 nitrogen and oxygen atoms in total. The van der Waals surface area contributed by atoms with Crippen LogP contribution in [0.1, 0.15) is 12.0 Å². The third-order valence-corrected chi connectivity index (χ3v) is 5.75. The third-order valence-electron chi connectivity index (χ3n) is 5.75. The standard InChI is InChI=1S/C23H27FN4O2/c24-19-7-9-20(10-8-19)25-22(29)16-26-12-14-27(15-13-26)23(30)17-28-11-3-5-18-4-1-2-6-21(18)28/h1-2,4,6-10H,3,5,11-17H2,(H,25,29). The topological polar surface area (TPSA) is 55.9 Å². The van der Waals surface area contributed by atoms with Crippen LogP contribution in [0, 0.1) is 5.82 Å². The molecule has 0 spiro atoms. The zero-order chi connectivity index (χ0) is 20.9. The molecule has 1 fully saturated rings. The summed E-state index contributed by atoms with van der Waals surface area (Å²) in [5, 5.41) is 2.78. The summed E-state index contributed by atoms with van der Waals surface area (Å²) in [5.41, 5.74) is 3.07. The average Bonchev–Trinajstić information content (AvgIpc) is 2.76. The molecule has 0 unspecified atom stereocenters. The lowest BCUT2D eigenvalue weighted by Gasteiger charge is -2.37. The van der Waals surface area contributed by atoms with Crippen molar-refractivity contribution in [3.63, 3.8) is 0 Å². The van der Waals surface area contributed by atoms with E-state index < -0.39 is 0 Å². The van der Waals surface area contributed by atoms with Crippen LogP contribution in [0.4, 0.5) is 15.8 Å². The Bertz CT molecular complexity index is 894. The van der Waals surface area contributed by atoms with Gasteiger partial charge < -0.3 is 15.1 Å². The maximum absolute atomic E-state index is 13.0. The van der Waals surface area contributed by atoms with Crippen LogP contribution in [0.15, 0.2) is 48.5 Å². The van der Waals surface area contributed by atoms with E-state index in [1.54, 1.807) is 12.1 Å². The van der Waals surface area contributed by atoms with Gasteiger partial charge in [0, 0.05) is 44.1 Å². The number of aryl methyl sites for hydroxylation is 1. The molecule has 1 N–H and O–H groups in total. The van der Waals surface area contributed by atoms with E-state index in [1.165, 1.54) is 23.4 Å². The van der Waals surface area contributed by atoms with Crippen molar-refractivity contribution in [2.24, 2.45) is 0 Å². The van der Waals surface area contributed by atoms with Crippen molar-refractivity contribution in [3.05, 3.63) is 59.9 Å². The zero-order valence-corrected chi connectivity index (χ0v) is 17.0. The highest BCUT2D eigenvalue weighted by Crippen LogP contribution is 2.26. The molecule has 30 heavy (non-hydrogen) atoms. The van der Waals surface area contributed by atoms with Gasteiger partial charge in [0.1, 0.15) is 5.82 Å². The van der Waals surface area contributed by atoms with Gasteiger partial charge in [0.2, 0.25) is 11.8 Å². The zero-order valence-electron chi connectivity index (χ0n) is 17.0. The summed E-state index contributed by atoms with van der Waals surface area (Å²) in [6.45, 7) is 4.15. The highest BCUT2D eigenvalue weighted by molar-refractivity contribution is 5.92. The normalized spacial score (nSPS) is 16.8. The van der Waals surface area contributed by atoms with E-state index in [0.29, 0.717) is 38.4 Å². The van der Waals surface area contributed by atoms with E-state index >= 15 is 0 Å². The Morgan fingerprint density at radius 3 is 2.40 bits per heavy atom.